The van der Waals surface area contributed by atoms with Gasteiger partial charge >= 0.3 is 0 Å². The molecule has 1 N–H and O–H groups in total. The van der Waals surface area contributed by atoms with Crippen LogP contribution in [0.2, 0.25) is 0 Å². The zero-order valence-corrected chi connectivity index (χ0v) is 13.7. The van der Waals surface area contributed by atoms with E-state index in [0.717, 1.165) is 22.1 Å². The molecule has 0 fully saturated rings. The van der Waals surface area contributed by atoms with Crippen LogP contribution in [-0.4, -0.2) is 20.7 Å². The Morgan fingerprint density at radius 2 is 1.87 bits per heavy atom. The number of nitrogens with zero attached hydrogens (tertiary/aromatic N) is 3. The first kappa shape index (κ1) is 15.4. The number of nitrogens with one attached hydrogen (secondary N) is 1. The summed E-state index contributed by atoms with van der Waals surface area (Å²) in [6.45, 7) is 5.59. The van der Waals surface area contributed by atoms with Crippen molar-refractivity contribution in [2.75, 3.05) is 5.32 Å². The number of hydrogen-bond donors (Lipinski definition) is 1. The Balaban J connectivity index is 1.94. The van der Waals surface area contributed by atoms with Gasteiger partial charge in [0.15, 0.2) is 0 Å². The van der Waals surface area contributed by atoms with Gasteiger partial charge in [-0.2, -0.15) is 0 Å². The molecular formula is C16H15FN4OS. The van der Waals surface area contributed by atoms with Crippen LogP contribution < -0.4 is 5.32 Å². The highest BCUT2D eigenvalue weighted by Gasteiger charge is 2.18. The molecule has 0 spiro atoms. The summed E-state index contributed by atoms with van der Waals surface area (Å²) in [6.07, 6.45) is 0. The first-order chi connectivity index (χ1) is 11.0. The van der Waals surface area contributed by atoms with Crippen molar-refractivity contribution in [3.8, 4) is 5.69 Å². The number of carbonyl (C=O) groups is 1. The van der Waals surface area contributed by atoms with Gasteiger partial charge in [-0.05, 0) is 51.1 Å². The van der Waals surface area contributed by atoms with Crippen LogP contribution in [0.15, 0.2) is 30.3 Å². The largest absolute Gasteiger partial charge is 0.318 e. The maximum atomic E-state index is 13.1. The monoisotopic (exact) mass is 330 g/mol. The lowest BCUT2D eigenvalue weighted by molar-refractivity contribution is 0.102. The molecule has 0 unspecified atom stereocenters. The van der Waals surface area contributed by atoms with Crippen LogP contribution in [0.3, 0.4) is 0 Å². The predicted octanol–water partition coefficient (Wildman–Crippen LogP) is 3.65. The fourth-order valence-electron chi connectivity index (χ4n) is 2.49. The van der Waals surface area contributed by atoms with Gasteiger partial charge in [0, 0.05) is 17.1 Å². The minimum atomic E-state index is -0.291. The third-order valence-electron chi connectivity index (χ3n) is 3.51. The minimum absolute atomic E-state index is 0.234. The molecule has 5 nitrogen and oxygen atoms in total. The molecule has 118 valence electrons. The fraction of sp³-hybridized carbons (Fsp3) is 0.188. The van der Waals surface area contributed by atoms with Crippen LogP contribution >= 0.6 is 11.3 Å². The van der Waals surface area contributed by atoms with Crippen molar-refractivity contribution in [3.63, 3.8) is 0 Å². The summed E-state index contributed by atoms with van der Waals surface area (Å²) in [7, 11) is 0. The number of anilines is 1. The van der Waals surface area contributed by atoms with Gasteiger partial charge in [0.2, 0.25) is 5.13 Å². The highest BCUT2D eigenvalue weighted by Crippen LogP contribution is 2.23. The topological polar surface area (TPSA) is 59.8 Å². The zero-order valence-electron chi connectivity index (χ0n) is 12.9. The SMILES string of the molecule is Cc1nnc(NC(=O)c2cc(C)n(-c3ccc(F)cc3)c2C)s1. The first-order valence-electron chi connectivity index (χ1n) is 7.02. The van der Waals surface area contributed by atoms with Crippen molar-refractivity contribution in [2.45, 2.75) is 20.8 Å². The summed E-state index contributed by atoms with van der Waals surface area (Å²) in [6, 6.07) is 7.98. The number of carbonyl (C=O) groups excluding carboxylic acids is 1. The van der Waals surface area contributed by atoms with Gasteiger partial charge in [-0.15, -0.1) is 10.2 Å². The second-order valence-corrected chi connectivity index (χ2v) is 6.36. The standard InChI is InChI=1S/C16H15FN4OS/c1-9-8-14(15(22)18-16-20-19-11(3)23-16)10(2)21(9)13-6-4-12(17)5-7-13/h4-8H,1-3H3,(H,18,20,22). The molecule has 7 heteroatoms. The van der Waals surface area contributed by atoms with Crippen LogP contribution in [0.4, 0.5) is 9.52 Å². The van der Waals surface area contributed by atoms with Gasteiger partial charge in [0.05, 0.1) is 5.56 Å². The van der Waals surface area contributed by atoms with E-state index in [-0.39, 0.29) is 11.7 Å². The third-order valence-corrected chi connectivity index (χ3v) is 4.26. The Morgan fingerprint density at radius 3 is 2.48 bits per heavy atom. The Morgan fingerprint density at radius 1 is 1.17 bits per heavy atom. The third kappa shape index (κ3) is 3.00. The molecule has 0 atom stereocenters. The van der Waals surface area contributed by atoms with Crippen LogP contribution in [0, 0.1) is 26.6 Å². The molecule has 2 aromatic heterocycles. The van der Waals surface area contributed by atoms with E-state index in [0.29, 0.717) is 10.7 Å². The molecule has 3 rings (SSSR count). The number of amides is 1. The second kappa shape index (κ2) is 5.92. The van der Waals surface area contributed by atoms with Crippen molar-refractivity contribution in [2.24, 2.45) is 0 Å². The summed E-state index contributed by atoms with van der Waals surface area (Å²) in [5.41, 5.74) is 3.05. The van der Waals surface area contributed by atoms with Crippen molar-refractivity contribution in [1.29, 1.82) is 0 Å². The van der Waals surface area contributed by atoms with Crippen molar-refractivity contribution >= 4 is 22.4 Å². The molecule has 0 aliphatic rings. The highest BCUT2D eigenvalue weighted by molar-refractivity contribution is 7.15. The lowest BCUT2D eigenvalue weighted by atomic mass is 10.2. The number of benzene rings is 1. The second-order valence-electron chi connectivity index (χ2n) is 5.18. The van der Waals surface area contributed by atoms with E-state index in [9.17, 15) is 9.18 Å². The molecule has 1 amide bonds. The number of halogens is 1. The van der Waals surface area contributed by atoms with Crippen LogP contribution in [-0.2, 0) is 0 Å². The molecule has 0 aliphatic heterocycles. The van der Waals surface area contributed by atoms with E-state index < -0.39 is 0 Å². The highest BCUT2D eigenvalue weighted by atomic mass is 32.1. The van der Waals surface area contributed by atoms with E-state index in [2.05, 4.69) is 15.5 Å². The van der Waals surface area contributed by atoms with Crippen LogP contribution in [0.5, 0.6) is 0 Å². The van der Waals surface area contributed by atoms with E-state index in [4.69, 9.17) is 0 Å². The van der Waals surface area contributed by atoms with Crippen LogP contribution in [0.1, 0.15) is 26.8 Å². The van der Waals surface area contributed by atoms with E-state index >= 15 is 0 Å². The molecule has 0 radical (unpaired) electrons. The zero-order chi connectivity index (χ0) is 16.6. The molecule has 0 saturated heterocycles. The molecule has 2 heterocycles. The lowest BCUT2D eigenvalue weighted by Gasteiger charge is -2.09. The van der Waals surface area contributed by atoms with E-state index in [1.54, 1.807) is 12.1 Å². The fourth-order valence-corrected chi connectivity index (χ4v) is 3.08. The molecule has 0 aliphatic carbocycles. The quantitative estimate of drug-likeness (QED) is 0.797. The molecule has 0 bridgehead atoms. The van der Waals surface area contributed by atoms with Crippen molar-refractivity contribution < 1.29 is 9.18 Å². The normalized spacial score (nSPS) is 10.8. The maximum absolute atomic E-state index is 13.1. The Bertz CT molecular complexity index is 867. The molecule has 1 aromatic carbocycles. The van der Waals surface area contributed by atoms with Gasteiger partial charge in [-0.25, -0.2) is 4.39 Å². The summed E-state index contributed by atoms with van der Waals surface area (Å²) < 4.78 is 15.0. The summed E-state index contributed by atoms with van der Waals surface area (Å²) >= 11 is 1.32. The number of hydrogen-bond acceptors (Lipinski definition) is 4. The van der Waals surface area contributed by atoms with Gasteiger partial charge in [0.1, 0.15) is 10.8 Å². The summed E-state index contributed by atoms with van der Waals surface area (Å²) in [5, 5.41) is 11.8. The number of rotatable bonds is 3. The van der Waals surface area contributed by atoms with E-state index in [1.165, 1.54) is 23.5 Å². The first-order valence-corrected chi connectivity index (χ1v) is 7.83. The van der Waals surface area contributed by atoms with Gasteiger partial charge in [0.25, 0.3) is 5.91 Å². The van der Waals surface area contributed by atoms with Crippen molar-refractivity contribution in [3.05, 3.63) is 58.1 Å². The Hall–Kier alpha value is -2.54. The van der Waals surface area contributed by atoms with E-state index in [1.807, 2.05) is 31.4 Å². The summed E-state index contributed by atoms with van der Waals surface area (Å²) in [5.74, 6) is -0.525. The lowest BCUT2D eigenvalue weighted by Crippen LogP contribution is -2.13. The summed E-state index contributed by atoms with van der Waals surface area (Å²) in [4.78, 5) is 12.4. The average molecular weight is 330 g/mol. The Kier molecular flexibility index (Phi) is 3.96. The van der Waals surface area contributed by atoms with Gasteiger partial charge < -0.3 is 4.57 Å². The van der Waals surface area contributed by atoms with Crippen molar-refractivity contribution in [1.82, 2.24) is 14.8 Å². The Labute approximate surface area is 136 Å². The molecule has 23 heavy (non-hydrogen) atoms. The van der Waals surface area contributed by atoms with Gasteiger partial charge in [-0.1, -0.05) is 11.3 Å². The maximum Gasteiger partial charge on any atom is 0.259 e. The average Bonchev–Trinajstić information content (AvgIpc) is 3.04. The minimum Gasteiger partial charge on any atom is -0.318 e. The number of aromatic nitrogens is 3. The smallest absolute Gasteiger partial charge is 0.259 e. The van der Waals surface area contributed by atoms with Crippen LogP contribution in [0.25, 0.3) is 5.69 Å². The number of aryl methyl sites for hydroxylation is 2. The predicted molar refractivity (Wildman–Crippen MR) is 87.8 cm³/mol. The molecule has 3 aromatic rings. The van der Waals surface area contributed by atoms with Gasteiger partial charge in [-0.3, -0.25) is 10.1 Å². The molecule has 0 saturated carbocycles. The molecular weight excluding hydrogens is 315 g/mol.